The Morgan fingerprint density at radius 3 is 2.31 bits per heavy atom. The van der Waals surface area contributed by atoms with Crippen molar-refractivity contribution in [2.24, 2.45) is 5.92 Å². The van der Waals surface area contributed by atoms with Gasteiger partial charge in [0.05, 0.1) is 24.6 Å². The minimum Gasteiger partial charge on any atom is -0.462 e. The molecule has 1 aliphatic rings. The highest BCUT2D eigenvalue weighted by atomic mass is 16.5. The van der Waals surface area contributed by atoms with E-state index in [1.165, 1.54) is 12.1 Å². The second-order valence-corrected chi connectivity index (χ2v) is 8.44. The Kier molecular flexibility index (Phi) is 9.15. The van der Waals surface area contributed by atoms with Crippen LogP contribution in [-0.2, 0) is 23.9 Å². The molecular formula is C26H29N3O7. The Hall–Kier alpha value is -4.21. The van der Waals surface area contributed by atoms with Gasteiger partial charge in [0.25, 0.3) is 11.8 Å². The van der Waals surface area contributed by atoms with Crippen molar-refractivity contribution in [3.8, 4) is 0 Å². The second-order valence-electron chi connectivity index (χ2n) is 8.44. The number of esters is 2. The number of hydrogen-bond acceptors (Lipinski definition) is 7. The third-order valence-electron chi connectivity index (χ3n) is 5.49. The van der Waals surface area contributed by atoms with Gasteiger partial charge in [-0.25, -0.2) is 4.79 Å². The number of carbonyl (C=O) groups excluding carboxylic acids is 5. The first kappa shape index (κ1) is 26.4. The molecule has 10 heteroatoms. The number of benzene rings is 2. The lowest BCUT2D eigenvalue weighted by molar-refractivity contribution is -0.151. The van der Waals surface area contributed by atoms with Crippen LogP contribution >= 0.6 is 0 Å². The molecule has 10 nitrogen and oxygen atoms in total. The van der Waals surface area contributed by atoms with E-state index in [0.717, 1.165) is 23.4 Å². The van der Waals surface area contributed by atoms with E-state index < -0.39 is 42.2 Å². The maximum atomic E-state index is 12.4. The molecule has 3 rings (SSSR count). The summed E-state index contributed by atoms with van der Waals surface area (Å²) >= 11 is 0. The number of hydrazine groups is 1. The monoisotopic (exact) mass is 495 g/mol. The molecule has 1 fully saturated rings. The lowest BCUT2D eigenvalue weighted by Crippen LogP contribution is -2.43. The molecule has 2 N–H and O–H groups in total. The van der Waals surface area contributed by atoms with Crippen LogP contribution in [0.4, 0.5) is 5.69 Å². The van der Waals surface area contributed by atoms with Gasteiger partial charge in [0.1, 0.15) is 0 Å². The van der Waals surface area contributed by atoms with E-state index in [0.29, 0.717) is 23.4 Å². The summed E-state index contributed by atoms with van der Waals surface area (Å²) < 4.78 is 10.2. The first-order valence-electron chi connectivity index (χ1n) is 11.7. The van der Waals surface area contributed by atoms with Gasteiger partial charge in [-0.15, -0.1) is 0 Å². The molecule has 0 unspecified atom stereocenters. The molecule has 3 amide bonds. The highest BCUT2D eigenvalue weighted by molar-refractivity contribution is 5.97. The summed E-state index contributed by atoms with van der Waals surface area (Å²) in [6.07, 6.45) is 1.57. The van der Waals surface area contributed by atoms with Crippen LogP contribution < -0.4 is 10.7 Å². The zero-order valence-electron chi connectivity index (χ0n) is 20.2. The van der Waals surface area contributed by atoms with E-state index in [-0.39, 0.29) is 13.0 Å². The molecule has 1 heterocycles. The zero-order chi connectivity index (χ0) is 26.1. The van der Waals surface area contributed by atoms with Crippen LogP contribution in [-0.4, -0.2) is 54.4 Å². The average Bonchev–Trinajstić information content (AvgIpc) is 3.23. The topological polar surface area (TPSA) is 131 Å². The van der Waals surface area contributed by atoms with Crippen molar-refractivity contribution in [1.29, 1.82) is 0 Å². The Balaban J connectivity index is 1.42. The molecule has 0 saturated carbocycles. The van der Waals surface area contributed by atoms with E-state index >= 15 is 0 Å². The number of amides is 3. The van der Waals surface area contributed by atoms with E-state index in [1.54, 1.807) is 36.4 Å². The van der Waals surface area contributed by atoms with Crippen molar-refractivity contribution in [3.05, 3.63) is 65.2 Å². The molecule has 190 valence electrons. The summed E-state index contributed by atoms with van der Waals surface area (Å²) in [4.78, 5) is 61.0. The quantitative estimate of drug-likeness (QED) is 0.383. The molecule has 2 aromatic carbocycles. The molecule has 0 radical (unpaired) electrons. The largest absolute Gasteiger partial charge is 0.462 e. The maximum Gasteiger partial charge on any atom is 0.338 e. The summed E-state index contributed by atoms with van der Waals surface area (Å²) in [5.41, 5.74) is 4.66. The number of rotatable bonds is 10. The van der Waals surface area contributed by atoms with Gasteiger partial charge in [0.15, 0.2) is 6.61 Å². The smallest absolute Gasteiger partial charge is 0.338 e. The van der Waals surface area contributed by atoms with Crippen molar-refractivity contribution in [1.82, 2.24) is 10.4 Å². The average molecular weight is 496 g/mol. The molecule has 0 bridgehead atoms. The molecule has 0 spiro atoms. The number of unbranched alkanes of at least 4 members (excludes halogenated alkanes) is 1. The zero-order valence-corrected chi connectivity index (χ0v) is 20.2. The number of ether oxygens (including phenoxy) is 2. The molecule has 0 aromatic heterocycles. The standard InChI is InChI=1S/C26H29N3O7/c1-3-4-13-35-25(33)19-9-11-21(12-10-19)27-22(30)16-36-26(34)20-14-23(31)29(15-20)28-24(32)18-7-5-17(2)6-8-18/h5-12,20H,3-4,13-16H2,1-2H3,(H,27,30)(H,28,32)/t20-/m1/s1. The first-order valence-corrected chi connectivity index (χ1v) is 11.7. The highest BCUT2D eigenvalue weighted by Gasteiger charge is 2.36. The van der Waals surface area contributed by atoms with Crippen molar-refractivity contribution >= 4 is 35.3 Å². The van der Waals surface area contributed by atoms with Gasteiger partial charge in [-0.05, 0) is 49.7 Å². The van der Waals surface area contributed by atoms with Crippen LogP contribution in [0.25, 0.3) is 0 Å². The van der Waals surface area contributed by atoms with Crippen molar-refractivity contribution in [2.45, 2.75) is 33.1 Å². The summed E-state index contributed by atoms with van der Waals surface area (Å²) in [6.45, 7) is 3.65. The third kappa shape index (κ3) is 7.39. The number of hydrogen-bond donors (Lipinski definition) is 2. The van der Waals surface area contributed by atoms with Gasteiger partial charge >= 0.3 is 11.9 Å². The van der Waals surface area contributed by atoms with Crippen LogP contribution in [0.1, 0.15) is 52.5 Å². The van der Waals surface area contributed by atoms with E-state index in [1.807, 2.05) is 13.8 Å². The number of aryl methyl sites for hydroxylation is 1. The van der Waals surface area contributed by atoms with Crippen LogP contribution in [0.15, 0.2) is 48.5 Å². The second kappa shape index (κ2) is 12.5. The van der Waals surface area contributed by atoms with Crippen molar-refractivity contribution in [2.75, 3.05) is 25.1 Å². The van der Waals surface area contributed by atoms with Crippen LogP contribution in [0.5, 0.6) is 0 Å². The minimum atomic E-state index is -0.804. The predicted octanol–water partition coefficient (Wildman–Crippen LogP) is 2.63. The third-order valence-corrected chi connectivity index (χ3v) is 5.49. The first-order chi connectivity index (χ1) is 17.3. The molecule has 2 aromatic rings. The number of anilines is 1. The summed E-state index contributed by atoms with van der Waals surface area (Å²) in [5.74, 6) is -3.41. The molecule has 36 heavy (non-hydrogen) atoms. The van der Waals surface area contributed by atoms with Gasteiger partial charge < -0.3 is 14.8 Å². The van der Waals surface area contributed by atoms with Crippen molar-refractivity contribution in [3.63, 3.8) is 0 Å². The fourth-order valence-electron chi connectivity index (χ4n) is 3.40. The van der Waals surface area contributed by atoms with E-state index in [2.05, 4.69) is 10.7 Å². The molecular weight excluding hydrogens is 466 g/mol. The Morgan fingerprint density at radius 2 is 1.64 bits per heavy atom. The van der Waals surface area contributed by atoms with E-state index in [9.17, 15) is 24.0 Å². The molecule has 1 aliphatic heterocycles. The molecule has 1 atom stereocenters. The van der Waals surface area contributed by atoms with Gasteiger partial charge in [-0.2, -0.15) is 0 Å². The lowest BCUT2D eigenvalue weighted by atomic mass is 10.1. The SMILES string of the molecule is CCCCOC(=O)c1ccc(NC(=O)COC(=O)[C@@H]2CC(=O)N(NC(=O)c3ccc(C)cc3)C2)cc1. The minimum absolute atomic E-state index is 0.0489. The summed E-state index contributed by atoms with van der Waals surface area (Å²) in [6, 6.07) is 13.0. The Morgan fingerprint density at radius 1 is 0.972 bits per heavy atom. The normalized spacial score (nSPS) is 14.8. The van der Waals surface area contributed by atoms with Gasteiger partial charge in [0, 0.05) is 17.7 Å². The number of nitrogens with zero attached hydrogens (tertiary/aromatic N) is 1. The Labute approximate surface area is 208 Å². The summed E-state index contributed by atoms with van der Waals surface area (Å²) in [5, 5.41) is 3.66. The predicted molar refractivity (Wildman–Crippen MR) is 130 cm³/mol. The molecule has 0 aliphatic carbocycles. The summed E-state index contributed by atoms with van der Waals surface area (Å²) in [7, 11) is 0. The van der Waals surface area contributed by atoms with Crippen LogP contribution in [0.3, 0.4) is 0 Å². The van der Waals surface area contributed by atoms with Crippen LogP contribution in [0.2, 0.25) is 0 Å². The van der Waals surface area contributed by atoms with Gasteiger partial charge in [0.2, 0.25) is 5.91 Å². The fourth-order valence-corrected chi connectivity index (χ4v) is 3.40. The van der Waals surface area contributed by atoms with Gasteiger partial charge in [-0.3, -0.25) is 29.6 Å². The van der Waals surface area contributed by atoms with Crippen molar-refractivity contribution < 1.29 is 33.4 Å². The van der Waals surface area contributed by atoms with Crippen LogP contribution in [0, 0.1) is 12.8 Å². The van der Waals surface area contributed by atoms with E-state index in [4.69, 9.17) is 9.47 Å². The van der Waals surface area contributed by atoms with Gasteiger partial charge in [-0.1, -0.05) is 31.0 Å². The highest BCUT2D eigenvalue weighted by Crippen LogP contribution is 2.18. The maximum absolute atomic E-state index is 12.4. The number of nitrogens with one attached hydrogen (secondary N) is 2. The molecule has 1 saturated heterocycles. The fraction of sp³-hybridized carbons (Fsp3) is 0.346. The number of carbonyl (C=O) groups is 5. The lowest BCUT2D eigenvalue weighted by Gasteiger charge is -2.17. The Bertz CT molecular complexity index is 1110.